The normalized spacial score (nSPS) is 18.2. The first-order chi connectivity index (χ1) is 27.0. The number of aromatic nitrogens is 10. The zero-order valence-corrected chi connectivity index (χ0v) is 29.3. The van der Waals surface area contributed by atoms with Gasteiger partial charge < -0.3 is 10.6 Å². The van der Waals surface area contributed by atoms with Gasteiger partial charge in [0.05, 0.1) is 46.1 Å². The van der Waals surface area contributed by atoms with E-state index < -0.39 is 46.7 Å². The van der Waals surface area contributed by atoms with E-state index in [1.165, 1.54) is 61.2 Å². The molecule has 0 bridgehead atoms. The van der Waals surface area contributed by atoms with Gasteiger partial charge in [0.25, 0.3) is 11.1 Å². The highest BCUT2D eigenvalue weighted by atomic mass is 19.1. The minimum absolute atomic E-state index is 0.206. The quantitative estimate of drug-likeness (QED) is 0.173. The van der Waals surface area contributed by atoms with Crippen molar-refractivity contribution in [1.82, 2.24) is 49.9 Å². The maximum Gasteiger partial charge on any atom is 0.272 e. The van der Waals surface area contributed by atoms with Crippen LogP contribution in [0, 0.1) is 23.3 Å². The molecule has 4 N–H and O–H groups in total. The fourth-order valence-corrected chi connectivity index (χ4v) is 7.68. The van der Waals surface area contributed by atoms with Gasteiger partial charge in [0, 0.05) is 36.2 Å². The van der Waals surface area contributed by atoms with Gasteiger partial charge in [0.1, 0.15) is 47.6 Å². The first-order valence-corrected chi connectivity index (χ1v) is 17.2. The Labute approximate surface area is 312 Å². The number of hydrogen-bond acceptors (Lipinski definition) is 10. The number of hydrogen-bond donors (Lipinski definition) is 4. The van der Waals surface area contributed by atoms with E-state index in [4.69, 9.17) is 0 Å². The van der Waals surface area contributed by atoms with E-state index in [0.29, 0.717) is 45.2 Å². The van der Waals surface area contributed by atoms with Crippen LogP contribution in [0.3, 0.4) is 0 Å². The van der Waals surface area contributed by atoms with Crippen molar-refractivity contribution in [3.8, 4) is 0 Å². The number of benzene rings is 4. The molecule has 56 heavy (non-hydrogen) atoms. The summed E-state index contributed by atoms with van der Waals surface area (Å²) in [6.45, 7) is 0. The third-order valence-corrected chi connectivity index (χ3v) is 10.1. The average molecular weight is 761 g/mol. The molecule has 0 saturated carbocycles. The predicted molar refractivity (Wildman–Crippen MR) is 196 cm³/mol. The van der Waals surface area contributed by atoms with Gasteiger partial charge in [-0.15, -0.1) is 0 Å². The number of nitrogens with zero attached hydrogens (tertiary/aromatic N) is 8. The molecule has 0 aliphatic carbocycles. The van der Waals surface area contributed by atoms with Crippen molar-refractivity contribution in [2.24, 2.45) is 14.1 Å². The zero-order chi connectivity index (χ0) is 38.8. The molecular formula is C38H28F4N12O2. The van der Waals surface area contributed by atoms with E-state index in [1.807, 2.05) is 0 Å². The summed E-state index contributed by atoms with van der Waals surface area (Å²) in [5.41, 5.74) is 2.60. The first-order valence-electron chi connectivity index (χ1n) is 17.2. The first kappa shape index (κ1) is 34.5. The van der Waals surface area contributed by atoms with Crippen LogP contribution in [0.15, 0.2) is 95.0 Å². The SMILES string of the molecule is Cn1ncnc1[C@H]1c2n[nH]c(=O)c3cc(F)cc(c23)N[C@@H]1c1ccc(F)cc1.Cn1ncnc1[C@H]1c2n[nH]c(=O)c3cc(F)cc(c23)N[C@@H]1c1ccc(F)cc1. The molecule has 280 valence electrons. The number of nitrogens with one attached hydrogen (secondary N) is 4. The molecule has 4 aromatic carbocycles. The predicted octanol–water partition coefficient (Wildman–Crippen LogP) is 5.26. The summed E-state index contributed by atoms with van der Waals surface area (Å²) in [4.78, 5) is 33.2. The highest BCUT2D eigenvalue weighted by Gasteiger charge is 2.39. The van der Waals surface area contributed by atoms with E-state index in [2.05, 4.69) is 51.2 Å². The minimum Gasteiger partial charge on any atom is -0.376 e. The molecule has 0 amide bonds. The number of rotatable bonds is 4. The molecule has 10 rings (SSSR count). The second-order valence-corrected chi connectivity index (χ2v) is 13.4. The molecule has 0 saturated heterocycles. The van der Waals surface area contributed by atoms with Gasteiger partial charge in [-0.2, -0.15) is 20.4 Å². The molecule has 4 aromatic heterocycles. The molecule has 2 aliphatic rings. The van der Waals surface area contributed by atoms with Crippen LogP contribution in [-0.2, 0) is 14.1 Å². The van der Waals surface area contributed by atoms with E-state index in [1.54, 1.807) is 47.7 Å². The van der Waals surface area contributed by atoms with Crippen molar-refractivity contribution in [3.63, 3.8) is 0 Å². The van der Waals surface area contributed by atoms with Gasteiger partial charge in [-0.05, 0) is 59.7 Å². The minimum atomic E-state index is -0.535. The van der Waals surface area contributed by atoms with E-state index in [0.717, 1.165) is 11.1 Å². The Morgan fingerprint density at radius 3 is 1.30 bits per heavy atom. The molecule has 0 fully saturated rings. The van der Waals surface area contributed by atoms with Gasteiger partial charge in [0.2, 0.25) is 0 Å². The van der Waals surface area contributed by atoms with E-state index in [9.17, 15) is 27.2 Å². The number of H-pyrrole nitrogens is 2. The summed E-state index contributed by atoms with van der Waals surface area (Å²) in [5, 5.41) is 29.8. The molecular weight excluding hydrogens is 732 g/mol. The Morgan fingerprint density at radius 1 is 0.554 bits per heavy atom. The fourth-order valence-electron chi connectivity index (χ4n) is 7.68. The van der Waals surface area contributed by atoms with Crippen LogP contribution in [0.25, 0.3) is 21.5 Å². The van der Waals surface area contributed by atoms with Crippen LogP contribution in [-0.4, -0.2) is 49.9 Å². The van der Waals surface area contributed by atoms with Crippen LogP contribution in [0.5, 0.6) is 0 Å². The third kappa shape index (κ3) is 5.73. The molecule has 14 nitrogen and oxygen atoms in total. The molecule has 0 spiro atoms. The van der Waals surface area contributed by atoms with Gasteiger partial charge in [-0.25, -0.2) is 37.7 Å². The lowest BCUT2D eigenvalue weighted by atomic mass is 9.83. The number of anilines is 2. The van der Waals surface area contributed by atoms with Crippen LogP contribution in [0.2, 0.25) is 0 Å². The fraction of sp³-hybridized carbons (Fsp3) is 0.158. The van der Waals surface area contributed by atoms with Crippen molar-refractivity contribution in [1.29, 1.82) is 0 Å². The molecule has 2 aliphatic heterocycles. The van der Waals surface area contributed by atoms with Crippen molar-refractivity contribution >= 4 is 32.9 Å². The van der Waals surface area contributed by atoms with E-state index in [-0.39, 0.29) is 22.4 Å². The van der Waals surface area contributed by atoms with Crippen LogP contribution >= 0.6 is 0 Å². The summed E-state index contributed by atoms with van der Waals surface area (Å²) < 4.78 is 58.5. The maximum atomic E-state index is 14.1. The second kappa shape index (κ2) is 13.3. The number of halogens is 4. The Morgan fingerprint density at radius 2 is 0.946 bits per heavy atom. The Hall–Kier alpha value is -7.24. The summed E-state index contributed by atoms with van der Waals surface area (Å²) in [7, 11) is 3.51. The average Bonchev–Trinajstić information content (AvgIpc) is 3.81. The van der Waals surface area contributed by atoms with Gasteiger partial charge in [0.15, 0.2) is 0 Å². The summed E-state index contributed by atoms with van der Waals surface area (Å²) >= 11 is 0. The molecule has 0 unspecified atom stereocenters. The van der Waals surface area contributed by atoms with Crippen LogP contribution in [0.1, 0.15) is 58.1 Å². The monoisotopic (exact) mass is 760 g/mol. The molecule has 18 heteroatoms. The smallest absolute Gasteiger partial charge is 0.272 e. The van der Waals surface area contributed by atoms with Crippen molar-refractivity contribution in [3.05, 3.63) is 164 Å². The van der Waals surface area contributed by atoms with E-state index >= 15 is 0 Å². The largest absolute Gasteiger partial charge is 0.376 e. The lowest BCUT2D eigenvalue weighted by molar-refractivity contribution is 0.562. The molecule has 6 heterocycles. The van der Waals surface area contributed by atoms with Gasteiger partial charge in [-0.1, -0.05) is 24.3 Å². The number of aromatic amines is 2. The lowest BCUT2D eigenvalue weighted by Gasteiger charge is -2.33. The van der Waals surface area contributed by atoms with Crippen molar-refractivity contribution in [2.45, 2.75) is 23.9 Å². The molecule has 4 atom stereocenters. The van der Waals surface area contributed by atoms with Gasteiger partial charge in [-0.3, -0.25) is 19.0 Å². The molecule has 0 radical (unpaired) electrons. The molecule has 8 aromatic rings. The number of aryl methyl sites for hydroxylation is 2. The highest BCUT2D eigenvalue weighted by Crippen LogP contribution is 2.47. The second-order valence-electron chi connectivity index (χ2n) is 13.4. The highest BCUT2D eigenvalue weighted by molar-refractivity contribution is 5.98. The Kier molecular flexibility index (Phi) is 8.17. The van der Waals surface area contributed by atoms with Gasteiger partial charge >= 0.3 is 0 Å². The summed E-state index contributed by atoms with van der Waals surface area (Å²) in [5.74, 6) is -1.43. The van der Waals surface area contributed by atoms with Crippen molar-refractivity contribution < 1.29 is 17.6 Å². The lowest BCUT2D eigenvalue weighted by Crippen LogP contribution is -2.30. The van der Waals surface area contributed by atoms with Crippen molar-refractivity contribution in [2.75, 3.05) is 10.6 Å². The Balaban J connectivity index is 0.000000146. The van der Waals surface area contributed by atoms with Crippen LogP contribution in [0.4, 0.5) is 28.9 Å². The topological polar surface area (TPSA) is 177 Å². The summed E-state index contributed by atoms with van der Waals surface area (Å²) in [6.07, 6.45) is 2.86. The summed E-state index contributed by atoms with van der Waals surface area (Å²) in [6, 6.07) is 16.3. The standard InChI is InChI=1S/2C19H14F2N6O/c2*1-27-18(22-8-23-27)15-16(9-2-4-10(20)5-3-9)24-13-7-11(21)6-12-14(13)17(15)25-26-19(12)28/h2*2-8,15-16,24H,1H3,(H,26,28)/t2*15-,16-/m11/s1. The Bertz CT molecular complexity index is 2730. The maximum absolute atomic E-state index is 14.1. The third-order valence-electron chi connectivity index (χ3n) is 10.1. The van der Waals surface area contributed by atoms with Crippen LogP contribution < -0.4 is 21.8 Å². The zero-order valence-electron chi connectivity index (χ0n) is 29.3.